The maximum atomic E-state index is 13.0. The Balaban J connectivity index is 2.12. The van der Waals surface area contributed by atoms with Gasteiger partial charge in [0.15, 0.2) is 0 Å². The molecule has 0 aliphatic carbocycles. The van der Waals surface area contributed by atoms with E-state index in [-0.39, 0.29) is 36.8 Å². The van der Waals surface area contributed by atoms with Crippen LogP contribution in [-0.2, 0) is 23.6 Å². The second-order valence-corrected chi connectivity index (χ2v) is 8.42. The molecule has 0 unspecified atom stereocenters. The van der Waals surface area contributed by atoms with E-state index in [0.717, 1.165) is 0 Å². The van der Waals surface area contributed by atoms with E-state index in [2.05, 4.69) is 5.32 Å². The number of halogens is 6. The van der Waals surface area contributed by atoms with Crippen LogP contribution in [0, 0.1) is 0 Å². The van der Waals surface area contributed by atoms with Crippen LogP contribution in [0.5, 0.6) is 0 Å². The Labute approximate surface area is 171 Å². The van der Waals surface area contributed by atoms with Crippen molar-refractivity contribution in [3.63, 3.8) is 0 Å². The molecule has 2 rings (SSSR count). The third-order valence-corrected chi connectivity index (χ3v) is 4.76. The fourth-order valence-corrected chi connectivity index (χ4v) is 3.38. The minimum absolute atomic E-state index is 0.108. The third kappa shape index (κ3) is 6.52. The minimum atomic E-state index is -4.88. The number of hydrogen-bond acceptors (Lipinski definition) is 3. The number of ether oxygens (including phenoxy) is 1. The lowest BCUT2D eigenvalue weighted by Crippen LogP contribution is -2.41. The summed E-state index contributed by atoms with van der Waals surface area (Å²) in [5.74, 6) is 0. The van der Waals surface area contributed by atoms with Crippen LogP contribution in [0.1, 0.15) is 57.2 Å². The quantitative estimate of drug-likeness (QED) is 0.620. The lowest BCUT2D eigenvalue weighted by atomic mass is 10.0. The largest absolute Gasteiger partial charge is 0.444 e. The molecule has 170 valence electrons. The Morgan fingerprint density at radius 2 is 1.60 bits per heavy atom. The second-order valence-electron chi connectivity index (χ2n) is 8.42. The fraction of sp³-hybridized carbons (Fsp3) is 0.650. The van der Waals surface area contributed by atoms with Crippen LogP contribution in [-0.4, -0.2) is 35.2 Å². The lowest BCUT2D eigenvalue weighted by molar-refractivity contribution is -0.143. The van der Waals surface area contributed by atoms with Crippen LogP contribution in [0.25, 0.3) is 0 Å². The van der Waals surface area contributed by atoms with E-state index in [0.29, 0.717) is 25.0 Å². The van der Waals surface area contributed by atoms with Gasteiger partial charge < -0.3 is 15.0 Å². The first-order valence-electron chi connectivity index (χ1n) is 9.61. The SMILES string of the molecule is CC[C@@H]1C[C@H](NCc2cc(C(F)(F)F)cc(C(F)(F)F)c2)CN1C(=O)OC(C)(C)C. The molecule has 1 saturated heterocycles. The predicted octanol–water partition coefficient (Wildman–Crippen LogP) is 5.60. The third-order valence-electron chi connectivity index (χ3n) is 4.76. The number of nitrogens with one attached hydrogen (secondary N) is 1. The molecule has 1 heterocycles. The molecular weight excluding hydrogens is 414 g/mol. The van der Waals surface area contributed by atoms with Gasteiger partial charge in [-0.1, -0.05) is 6.92 Å². The number of likely N-dealkylation sites (tertiary alicyclic amines) is 1. The smallest absolute Gasteiger partial charge is 0.416 e. The maximum absolute atomic E-state index is 13.0. The van der Waals surface area contributed by atoms with Crippen molar-refractivity contribution >= 4 is 6.09 Å². The summed E-state index contributed by atoms with van der Waals surface area (Å²) in [4.78, 5) is 13.9. The minimum Gasteiger partial charge on any atom is -0.444 e. The zero-order chi connectivity index (χ0) is 22.9. The normalized spacial score (nSPS) is 20.5. The summed E-state index contributed by atoms with van der Waals surface area (Å²) in [5, 5.41) is 2.98. The Morgan fingerprint density at radius 3 is 2.03 bits per heavy atom. The van der Waals surface area contributed by atoms with Crippen molar-refractivity contribution in [1.82, 2.24) is 10.2 Å². The van der Waals surface area contributed by atoms with Crippen LogP contribution in [0.15, 0.2) is 18.2 Å². The molecule has 1 amide bonds. The highest BCUT2D eigenvalue weighted by Crippen LogP contribution is 2.36. The zero-order valence-corrected chi connectivity index (χ0v) is 17.2. The highest BCUT2D eigenvalue weighted by Gasteiger charge is 2.38. The molecule has 0 aromatic heterocycles. The molecule has 30 heavy (non-hydrogen) atoms. The molecule has 0 spiro atoms. The van der Waals surface area contributed by atoms with Crippen molar-refractivity contribution < 1.29 is 35.9 Å². The number of benzene rings is 1. The van der Waals surface area contributed by atoms with Crippen molar-refractivity contribution in [2.45, 2.75) is 77.1 Å². The van der Waals surface area contributed by atoms with Gasteiger partial charge in [-0.25, -0.2) is 4.79 Å². The van der Waals surface area contributed by atoms with Gasteiger partial charge in [0.1, 0.15) is 5.60 Å². The van der Waals surface area contributed by atoms with Crippen LogP contribution in [0.3, 0.4) is 0 Å². The van der Waals surface area contributed by atoms with Crippen molar-refractivity contribution in [2.75, 3.05) is 6.54 Å². The number of alkyl halides is 6. The van der Waals surface area contributed by atoms with E-state index >= 15 is 0 Å². The molecule has 0 bridgehead atoms. The van der Waals surface area contributed by atoms with E-state index in [1.807, 2.05) is 6.92 Å². The molecule has 4 nitrogen and oxygen atoms in total. The molecule has 1 N–H and O–H groups in total. The number of carbonyl (C=O) groups excluding carboxylic acids is 1. The van der Waals surface area contributed by atoms with E-state index in [1.165, 1.54) is 0 Å². The number of hydrogen-bond donors (Lipinski definition) is 1. The highest BCUT2D eigenvalue weighted by atomic mass is 19.4. The van der Waals surface area contributed by atoms with Gasteiger partial charge in [0.05, 0.1) is 11.1 Å². The number of carbonyl (C=O) groups is 1. The zero-order valence-electron chi connectivity index (χ0n) is 17.2. The van der Waals surface area contributed by atoms with E-state index in [1.54, 1.807) is 25.7 Å². The number of nitrogens with zero attached hydrogens (tertiary/aromatic N) is 1. The average molecular weight is 440 g/mol. The molecule has 1 aliphatic heterocycles. The van der Waals surface area contributed by atoms with Crippen molar-refractivity contribution in [3.05, 3.63) is 34.9 Å². The van der Waals surface area contributed by atoms with Crippen LogP contribution in [0.4, 0.5) is 31.1 Å². The van der Waals surface area contributed by atoms with Gasteiger partial charge in [0.25, 0.3) is 0 Å². The van der Waals surface area contributed by atoms with Crippen LogP contribution >= 0.6 is 0 Å². The van der Waals surface area contributed by atoms with Gasteiger partial charge >= 0.3 is 18.4 Å². The maximum Gasteiger partial charge on any atom is 0.416 e. The van der Waals surface area contributed by atoms with E-state index in [4.69, 9.17) is 4.74 Å². The molecule has 0 radical (unpaired) electrons. The van der Waals surface area contributed by atoms with Gasteiger partial charge in [-0.15, -0.1) is 0 Å². The van der Waals surface area contributed by atoms with Crippen LogP contribution < -0.4 is 5.32 Å². The summed E-state index contributed by atoms with van der Waals surface area (Å²) < 4.78 is 83.4. The summed E-state index contributed by atoms with van der Waals surface area (Å²) >= 11 is 0. The van der Waals surface area contributed by atoms with Gasteiger partial charge in [-0.3, -0.25) is 0 Å². The van der Waals surface area contributed by atoms with E-state index in [9.17, 15) is 31.1 Å². The van der Waals surface area contributed by atoms with Gasteiger partial charge in [-0.2, -0.15) is 26.3 Å². The first-order valence-corrected chi connectivity index (χ1v) is 9.61. The summed E-state index contributed by atoms with van der Waals surface area (Å²) in [5.41, 5.74) is -3.49. The fourth-order valence-electron chi connectivity index (χ4n) is 3.38. The second kappa shape index (κ2) is 8.64. The Morgan fingerprint density at radius 1 is 1.07 bits per heavy atom. The Kier molecular flexibility index (Phi) is 7.00. The average Bonchev–Trinajstić information content (AvgIpc) is 3.00. The lowest BCUT2D eigenvalue weighted by Gasteiger charge is -2.28. The predicted molar refractivity (Wildman–Crippen MR) is 98.7 cm³/mol. The Hall–Kier alpha value is -1.97. The summed E-state index contributed by atoms with van der Waals surface area (Å²) in [6, 6.07) is 1.13. The number of amides is 1. The van der Waals surface area contributed by atoms with Gasteiger partial charge in [0, 0.05) is 25.2 Å². The standard InChI is InChI=1S/C20H26F6N2O2/c1-5-16-9-15(11-28(16)17(29)30-18(2,3)4)27-10-12-6-13(19(21,22)23)8-14(7-12)20(24,25)26/h6-8,15-16,27H,5,9-11H2,1-4H3/t15-,16+/m0/s1. The summed E-state index contributed by atoms with van der Waals surface area (Å²) in [6.07, 6.45) is -9.08. The van der Waals surface area contributed by atoms with Gasteiger partial charge in [0.2, 0.25) is 0 Å². The summed E-state index contributed by atoms with van der Waals surface area (Å²) in [6.45, 7) is 7.19. The summed E-state index contributed by atoms with van der Waals surface area (Å²) in [7, 11) is 0. The highest BCUT2D eigenvalue weighted by molar-refractivity contribution is 5.69. The van der Waals surface area contributed by atoms with Crippen molar-refractivity contribution in [3.8, 4) is 0 Å². The van der Waals surface area contributed by atoms with E-state index < -0.39 is 35.2 Å². The molecule has 1 fully saturated rings. The number of rotatable bonds is 4. The topological polar surface area (TPSA) is 41.6 Å². The monoisotopic (exact) mass is 440 g/mol. The Bertz CT molecular complexity index is 723. The molecule has 1 aromatic rings. The molecule has 1 aromatic carbocycles. The molecule has 0 saturated carbocycles. The molecule has 2 atom stereocenters. The molecular formula is C20H26F6N2O2. The molecule has 1 aliphatic rings. The van der Waals surface area contributed by atoms with Gasteiger partial charge in [-0.05, 0) is 57.4 Å². The first kappa shape index (κ1) is 24.3. The van der Waals surface area contributed by atoms with Crippen molar-refractivity contribution in [1.29, 1.82) is 0 Å². The first-order chi connectivity index (χ1) is 13.6. The van der Waals surface area contributed by atoms with Crippen molar-refractivity contribution in [2.24, 2.45) is 0 Å². The van der Waals surface area contributed by atoms with Crippen LogP contribution in [0.2, 0.25) is 0 Å². The molecule has 10 heteroatoms.